The predicted molar refractivity (Wildman–Crippen MR) is 89.1 cm³/mol. The van der Waals surface area contributed by atoms with Gasteiger partial charge in [0.1, 0.15) is 7.11 Å². The van der Waals surface area contributed by atoms with Gasteiger partial charge in [-0.1, -0.05) is 42.6 Å². The Morgan fingerprint density at radius 2 is 1.79 bits per heavy atom. The molecule has 7 nitrogen and oxygen atoms in total. The molecular formula is C17H15N3O4. The molecule has 0 N–H and O–H groups in total. The second-order valence-electron chi connectivity index (χ2n) is 4.55. The number of rotatable bonds is 5. The third-order valence-electron chi connectivity index (χ3n) is 3.15. The minimum atomic E-state index is -0.896. The number of anilines is 1. The van der Waals surface area contributed by atoms with Crippen molar-refractivity contribution in [1.82, 2.24) is 4.90 Å². The minimum absolute atomic E-state index is 0.164. The van der Waals surface area contributed by atoms with Crippen molar-refractivity contribution in [2.45, 2.75) is 0 Å². The molecule has 2 rings (SSSR count). The lowest BCUT2D eigenvalue weighted by molar-refractivity contribution is -0.123. The van der Waals surface area contributed by atoms with Crippen molar-refractivity contribution in [3.05, 3.63) is 67.4 Å². The van der Waals surface area contributed by atoms with Crippen molar-refractivity contribution in [2.24, 2.45) is 5.16 Å². The molecular weight excluding hydrogens is 310 g/mol. The number of imide groups is 2. The Hall–Kier alpha value is -3.48. The van der Waals surface area contributed by atoms with E-state index in [1.807, 2.05) is 0 Å². The van der Waals surface area contributed by atoms with E-state index in [4.69, 9.17) is 0 Å². The van der Waals surface area contributed by atoms with Crippen LogP contribution in [0.5, 0.6) is 0 Å². The van der Waals surface area contributed by atoms with E-state index in [-0.39, 0.29) is 5.70 Å². The zero-order chi connectivity index (χ0) is 17.7. The monoisotopic (exact) mass is 325 g/mol. The largest absolute Gasteiger partial charge is 0.398 e. The summed E-state index contributed by atoms with van der Waals surface area (Å²) in [5.41, 5.74) is -0.0502. The molecule has 1 aromatic rings. The summed E-state index contributed by atoms with van der Waals surface area (Å²) in [7, 11) is 1.20. The molecule has 122 valence electrons. The van der Waals surface area contributed by atoms with E-state index in [0.29, 0.717) is 5.69 Å². The molecule has 0 bridgehead atoms. The molecule has 0 radical (unpaired) electrons. The molecule has 0 unspecified atom stereocenters. The van der Waals surface area contributed by atoms with Crippen molar-refractivity contribution in [3.8, 4) is 0 Å². The summed E-state index contributed by atoms with van der Waals surface area (Å²) < 4.78 is 0. The van der Waals surface area contributed by atoms with E-state index in [9.17, 15) is 14.4 Å². The van der Waals surface area contributed by atoms with Gasteiger partial charge in [-0.05, 0) is 24.3 Å². The standard InChI is InChI=1S/C17H15N3O4/c1-4-9-12(5-2)19-15(21)14(18-24-3)16(22)20(17(19)23)13-10-7-6-8-11-13/h4-11H,1-2H2,3H3/b12-9+,18-14-. The Bertz CT molecular complexity index is 765. The van der Waals surface area contributed by atoms with Crippen molar-refractivity contribution in [3.63, 3.8) is 0 Å². The number of carbonyl (C=O) groups is 3. The fraction of sp³-hybridized carbons (Fsp3) is 0.0588. The Kier molecular flexibility index (Phi) is 5.06. The van der Waals surface area contributed by atoms with Crippen molar-refractivity contribution >= 4 is 29.2 Å². The number of nitrogens with zero attached hydrogens (tertiary/aromatic N) is 3. The van der Waals surface area contributed by atoms with E-state index in [2.05, 4.69) is 23.2 Å². The Morgan fingerprint density at radius 3 is 2.33 bits per heavy atom. The maximum absolute atomic E-state index is 12.8. The van der Waals surface area contributed by atoms with E-state index in [1.165, 1.54) is 25.3 Å². The number of hydrogen-bond acceptors (Lipinski definition) is 5. The Labute approximate surface area is 138 Å². The van der Waals surface area contributed by atoms with E-state index < -0.39 is 23.6 Å². The molecule has 1 aliphatic heterocycles. The second-order valence-corrected chi connectivity index (χ2v) is 4.55. The molecule has 7 heteroatoms. The number of carbonyl (C=O) groups excluding carboxylic acids is 3. The molecule has 0 aliphatic carbocycles. The van der Waals surface area contributed by atoms with Crippen molar-refractivity contribution in [2.75, 3.05) is 12.0 Å². The number of para-hydroxylation sites is 1. The highest BCUT2D eigenvalue weighted by molar-refractivity contribution is 6.72. The molecule has 0 aromatic heterocycles. The molecule has 0 atom stereocenters. The number of urea groups is 1. The summed E-state index contributed by atoms with van der Waals surface area (Å²) in [5.74, 6) is -1.76. The average Bonchev–Trinajstić information content (AvgIpc) is 2.59. The Balaban J connectivity index is 2.63. The van der Waals surface area contributed by atoms with Crippen LogP contribution in [0.15, 0.2) is 72.6 Å². The van der Waals surface area contributed by atoms with Gasteiger partial charge in [-0.25, -0.2) is 14.6 Å². The van der Waals surface area contributed by atoms with Crippen LogP contribution >= 0.6 is 0 Å². The lowest BCUT2D eigenvalue weighted by Crippen LogP contribution is -2.60. The van der Waals surface area contributed by atoms with Gasteiger partial charge in [-0.15, -0.1) is 0 Å². The van der Waals surface area contributed by atoms with E-state index in [1.54, 1.807) is 30.3 Å². The van der Waals surface area contributed by atoms with Gasteiger partial charge in [0.05, 0.1) is 11.4 Å². The van der Waals surface area contributed by atoms with Gasteiger partial charge in [0.2, 0.25) is 5.71 Å². The minimum Gasteiger partial charge on any atom is -0.398 e. The van der Waals surface area contributed by atoms with Gasteiger partial charge < -0.3 is 4.84 Å². The highest BCUT2D eigenvalue weighted by atomic mass is 16.6. The molecule has 1 saturated heterocycles. The topological polar surface area (TPSA) is 79.3 Å². The summed E-state index contributed by atoms with van der Waals surface area (Å²) in [5, 5.41) is 3.48. The van der Waals surface area contributed by atoms with Gasteiger partial charge in [0, 0.05) is 0 Å². The highest BCUT2D eigenvalue weighted by Gasteiger charge is 2.45. The molecule has 24 heavy (non-hydrogen) atoms. The normalized spacial score (nSPS) is 17.3. The molecule has 4 amide bonds. The van der Waals surface area contributed by atoms with Crippen LogP contribution in [0.1, 0.15) is 0 Å². The van der Waals surface area contributed by atoms with Gasteiger partial charge >= 0.3 is 6.03 Å². The summed E-state index contributed by atoms with van der Waals surface area (Å²) in [6.07, 6.45) is 4.13. The maximum atomic E-state index is 12.8. The van der Waals surface area contributed by atoms with E-state index in [0.717, 1.165) is 9.80 Å². The summed E-state index contributed by atoms with van der Waals surface area (Å²) in [6.45, 7) is 7.11. The fourth-order valence-corrected chi connectivity index (χ4v) is 2.13. The molecule has 1 aromatic carbocycles. The van der Waals surface area contributed by atoms with Crippen LogP contribution in [0.4, 0.5) is 10.5 Å². The number of allylic oxidation sites excluding steroid dienone is 3. The maximum Gasteiger partial charge on any atom is 0.343 e. The number of benzene rings is 1. The summed E-state index contributed by atoms with van der Waals surface area (Å²) in [4.78, 5) is 44.0. The third kappa shape index (κ3) is 2.87. The first-order valence-electron chi connectivity index (χ1n) is 6.91. The molecule has 1 heterocycles. The van der Waals surface area contributed by atoms with Crippen LogP contribution in [0.3, 0.4) is 0 Å². The van der Waals surface area contributed by atoms with Crippen molar-refractivity contribution < 1.29 is 19.2 Å². The smallest absolute Gasteiger partial charge is 0.343 e. The van der Waals surface area contributed by atoms with Gasteiger partial charge in [0.25, 0.3) is 11.8 Å². The molecule has 1 fully saturated rings. The first-order valence-corrected chi connectivity index (χ1v) is 6.91. The number of barbiturate groups is 1. The van der Waals surface area contributed by atoms with Crippen LogP contribution in [0, 0.1) is 0 Å². The number of hydrogen-bond donors (Lipinski definition) is 0. The predicted octanol–water partition coefficient (Wildman–Crippen LogP) is 2.24. The van der Waals surface area contributed by atoms with Crippen LogP contribution in [0.25, 0.3) is 0 Å². The zero-order valence-electron chi connectivity index (χ0n) is 13.0. The summed E-state index contributed by atoms with van der Waals surface area (Å²) in [6, 6.07) is 7.37. The van der Waals surface area contributed by atoms with Crippen LogP contribution in [0.2, 0.25) is 0 Å². The average molecular weight is 325 g/mol. The molecule has 0 spiro atoms. The summed E-state index contributed by atoms with van der Waals surface area (Å²) >= 11 is 0. The SMILES string of the molecule is C=C/C=C(\C=C)N1C(=O)/C(=N/OC)C(=O)N(c2ccccc2)C1=O. The van der Waals surface area contributed by atoms with Gasteiger partial charge in [-0.3, -0.25) is 9.59 Å². The lowest BCUT2D eigenvalue weighted by atomic mass is 10.1. The number of oxime groups is 1. The molecule has 0 saturated carbocycles. The second kappa shape index (κ2) is 7.19. The van der Waals surface area contributed by atoms with Crippen LogP contribution in [-0.2, 0) is 14.4 Å². The first-order chi connectivity index (χ1) is 11.6. The van der Waals surface area contributed by atoms with Crippen molar-refractivity contribution in [1.29, 1.82) is 0 Å². The van der Waals surface area contributed by atoms with E-state index >= 15 is 0 Å². The fourth-order valence-electron chi connectivity index (χ4n) is 2.13. The Morgan fingerprint density at radius 1 is 1.12 bits per heavy atom. The van der Waals surface area contributed by atoms with Gasteiger partial charge in [-0.2, -0.15) is 0 Å². The third-order valence-corrected chi connectivity index (χ3v) is 3.15. The quantitative estimate of drug-likeness (QED) is 0.614. The number of amides is 4. The highest BCUT2D eigenvalue weighted by Crippen LogP contribution is 2.23. The first kappa shape index (κ1) is 16.9. The van der Waals surface area contributed by atoms with Gasteiger partial charge in [0.15, 0.2) is 0 Å². The zero-order valence-corrected chi connectivity index (χ0v) is 13.0. The molecule has 1 aliphatic rings. The van der Waals surface area contributed by atoms with Crippen LogP contribution in [-0.4, -0.2) is 35.6 Å². The lowest BCUT2D eigenvalue weighted by Gasteiger charge is -2.33. The van der Waals surface area contributed by atoms with Crippen LogP contribution < -0.4 is 4.90 Å².